The van der Waals surface area contributed by atoms with Crippen molar-refractivity contribution in [2.45, 2.75) is 155 Å². The van der Waals surface area contributed by atoms with Gasteiger partial charge in [0.2, 0.25) is 0 Å². The Kier molecular flexibility index (Phi) is 14.2. The average molecular weight is 457 g/mol. The SMILES string of the molecule is CCCCCCCCCCCCCCCCOC1CO[Si](C(C)(C)C)(C(C)(C)C)OC1. The van der Waals surface area contributed by atoms with Crippen molar-refractivity contribution in [3.05, 3.63) is 0 Å². The molecule has 0 amide bonds. The molecule has 1 heterocycles. The second kappa shape index (κ2) is 15.1. The van der Waals surface area contributed by atoms with Crippen LogP contribution < -0.4 is 0 Å². The van der Waals surface area contributed by atoms with Gasteiger partial charge in [-0.05, 0) is 6.42 Å². The molecule has 0 aromatic rings. The first-order chi connectivity index (χ1) is 14.6. The zero-order valence-electron chi connectivity index (χ0n) is 22.3. The van der Waals surface area contributed by atoms with Gasteiger partial charge in [-0.1, -0.05) is 132 Å². The molecule has 1 aliphatic rings. The van der Waals surface area contributed by atoms with Crippen LogP contribution in [0.25, 0.3) is 0 Å². The van der Waals surface area contributed by atoms with E-state index in [1.165, 1.54) is 83.5 Å². The maximum atomic E-state index is 6.47. The lowest BCUT2D eigenvalue weighted by Gasteiger charge is -2.52. The smallest absolute Gasteiger partial charge is 0.349 e. The number of hydrogen-bond donors (Lipinski definition) is 0. The molecule has 1 aliphatic heterocycles. The second-order valence-electron chi connectivity index (χ2n) is 11.8. The molecule has 0 unspecified atom stereocenters. The van der Waals surface area contributed by atoms with Crippen molar-refractivity contribution in [2.75, 3.05) is 19.8 Å². The van der Waals surface area contributed by atoms with Crippen LogP contribution in [0.2, 0.25) is 10.1 Å². The first-order valence-electron chi connectivity index (χ1n) is 13.5. The average Bonchev–Trinajstić information content (AvgIpc) is 2.69. The van der Waals surface area contributed by atoms with Crippen LogP contribution in [-0.2, 0) is 13.6 Å². The third-order valence-electron chi connectivity index (χ3n) is 6.77. The van der Waals surface area contributed by atoms with Crippen LogP contribution in [0, 0.1) is 0 Å². The van der Waals surface area contributed by atoms with Crippen molar-refractivity contribution < 1.29 is 13.6 Å². The van der Waals surface area contributed by atoms with Gasteiger partial charge in [-0.25, -0.2) is 0 Å². The molecule has 0 aliphatic carbocycles. The zero-order valence-corrected chi connectivity index (χ0v) is 23.3. The van der Waals surface area contributed by atoms with Crippen molar-refractivity contribution in [1.29, 1.82) is 0 Å². The highest BCUT2D eigenvalue weighted by atomic mass is 28.4. The number of ether oxygens (including phenoxy) is 1. The minimum atomic E-state index is -2.30. The fourth-order valence-electron chi connectivity index (χ4n) is 5.14. The van der Waals surface area contributed by atoms with Crippen molar-refractivity contribution in [3.63, 3.8) is 0 Å². The maximum absolute atomic E-state index is 6.47. The Morgan fingerprint density at radius 2 is 0.968 bits per heavy atom. The second-order valence-corrected chi connectivity index (χ2v) is 16.6. The predicted molar refractivity (Wildman–Crippen MR) is 137 cm³/mol. The summed E-state index contributed by atoms with van der Waals surface area (Å²) in [4.78, 5) is 0. The van der Waals surface area contributed by atoms with Gasteiger partial charge < -0.3 is 13.6 Å². The van der Waals surface area contributed by atoms with Gasteiger partial charge in [-0.2, -0.15) is 0 Å². The third-order valence-corrected chi connectivity index (χ3v) is 11.9. The summed E-state index contributed by atoms with van der Waals surface area (Å²) in [6.07, 6.45) is 19.6. The van der Waals surface area contributed by atoms with Gasteiger partial charge in [-0.3, -0.25) is 0 Å². The molecule has 0 saturated carbocycles. The Labute approximate surface area is 196 Å². The van der Waals surface area contributed by atoms with Crippen LogP contribution in [0.4, 0.5) is 0 Å². The minimum Gasteiger partial charge on any atom is -0.391 e. The summed E-state index contributed by atoms with van der Waals surface area (Å²) in [5.41, 5.74) is 0. The Bertz CT molecular complexity index is 415. The standard InChI is InChI=1S/C27H56O3Si/c1-8-9-10-11-12-13-14-15-16-17-18-19-20-21-22-28-25-23-29-31(30-24-25,26(2,3)4)27(5,6)7/h25H,8-24H2,1-7H3. The van der Waals surface area contributed by atoms with Crippen LogP contribution in [0.3, 0.4) is 0 Å². The third kappa shape index (κ3) is 10.7. The van der Waals surface area contributed by atoms with Crippen LogP contribution in [0.1, 0.15) is 138 Å². The Hall–Kier alpha value is 0.0969. The summed E-state index contributed by atoms with van der Waals surface area (Å²) in [5.74, 6) is 0. The molecule has 0 N–H and O–H groups in total. The fraction of sp³-hybridized carbons (Fsp3) is 1.00. The van der Waals surface area contributed by atoms with Gasteiger partial charge in [0.1, 0.15) is 6.10 Å². The molecule has 4 heteroatoms. The summed E-state index contributed by atoms with van der Waals surface area (Å²) >= 11 is 0. The van der Waals surface area contributed by atoms with Crippen LogP contribution in [-0.4, -0.2) is 34.5 Å². The lowest BCUT2D eigenvalue weighted by atomic mass is 10.0. The Morgan fingerprint density at radius 3 is 1.32 bits per heavy atom. The maximum Gasteiger partial charge on any atom is 0.349 e. The summed E-state index contributed by atoms with van der Waals surface area (Å²) in [6, 6.07) is 0. The van der Waals surface area contributed by atoms with E-state index in [4.69, 9.17) is 13.6 Å². The monoisotopic (exact) mass is 456 g/mol. The molecular weight excluding hydrogens is 400 g/mol. The highest BCUT2D eigenvalue weighted by Gasteiger charge is 2.60. The van der Waals surface area contributed by atoms with Gasteiger partial charge in [-0.15, -0.1) is 0 Å². The van der Waals surface area contributed by atoms with Crippen LogP contribution in [0.15, 0.2) is 0 Å². The quantitative estimate of drug-likeness (QED) is 0.171. The zero-order chi connectivity index (χ0) is 23.2. The molecule has 1 rings (SSSR count). The lowest BCUT2D eigenvalue weighted by molar-refractivity contribution is -0.0647. The molecule has 31 heavy (non-hydrogen) atoms. The molecule has 0 aromatic heterocycles. The van der Waals surface area contributed by atoms with E-state index in [1.54, 1.807) is 0 Å². The van der Waals surface area contributed by atoms with E-state index in [0.29, 0.717) is 13.2 Å². The number of unbranched alkanes of at least 4 members (excludes halogenated alkanes) is 13. The molecule has 3 nitrogen and oxygen atoms in total. The molecule has 0 radical (unpaired) electrons. The van der Waals surface area contributed by atoms with Crippen molar-refractivity contribution >= 4 is 8.56 Å². The first kappa shape index (κ1) is 29.1. The molecule has 1 fully saturated rings. The van der Waals surface area contributed by atoms with E-state index in [2.05, 4.69) is 48.5 Å². The summed E-state index contributed by atoms with van der Waals surface area (Å²) < 4.78 is 19.0. The fourth-order valence-corrected chi connectivity index (χ4v) is 10.1. The topological polar surface area (TPSA) is 27.7 Å². The van der Waals surface area contributed by atoms with Gasteiger partial charge in [0.25, 0.3) is 0 Å². The predicted octanol–water partition coefficient (Wildman–Crippen LogP) is 8.94. The van der Waals surface area contributed by atoms with E-state index >= 15 is 0 Å². The van der Waals surface area contributed by atoms with Crippen LogP contribution >= 0.6 is 0 Å². The van der Waals surface area contributed by atoms with Gasteiger partial charge in [0, 0.05) is 16.7 Å². The van der Waals surface area contributed by atoms with Gasteiger partial charge in [0.15, 0.2) is 0 Å². The highest BCUT2D eigenvalue weighted by Crippen LogP contribution is 2.53. The van der Waals surface area contributed by atoms with Crippen molar-refractivity contribution in [1.82, 2.24) is 0 Å². The first-order valence-corrected chi connectivity index (χ1v) is 15.4. The van der Waals surface area contributed by atoms with Gasteiger partial charge >= 0.3 is 8.56 Å². The Balaban J connectivity index is 1.98. The van der Waals surface area contributed by atoms with Crippen LogP contribution in [0.5, 0.6) is 0 Å². The summed E-state index contributed by atoms with van der Waals surface area (Å²) in [6.45, 7) is 18.1. The summed E-state index contributed by atoms with van der Waals surface area (Å²) in [5, 5.41) is 0.121. The molecule has 0 atom stereocenters. The highest BCUT2D eigenvalue weighted by molar-refractivity contribution is 6.73. The largest absolute Gasteiger partial charge is 0.391 e. The molecule has 0 aromatic carbocycles. The van der Waals surface area contributed by atoms with Crippen molar-refractivity contribution in [3.8, 4) is 0 Å². The number of hydrogen-bond acceptors (Lipinski definition) is 3. The van der Waals surface area contributed by atoms with Crippen molar-refractivity contribution in [2.24, 2.45) is 0 Å². The van der Waals surface area contributed by atoms with E-state index < -0.39 is 8.56 Å². The van der Waals surface area contributed by atoms with Gasteiger partial charge in [0.05, 0.1) is 13.2 Å². The molecule has 0 bridgehead atoms. The van der Waals surface area contributed by atoms with E-state index in [9.17, 15) is 0 Å². The van der Waals surface area contributed by atoms with E-state index in [-0.39, 0.29) is 16.2 Å². The van der Waals surface area contributed by atoms with E-state index in [1.807, 2.05) is 0 Å². The normalized spacial score (nSPS) is 17.9. The molecular formula is C27H56O3Si. The van der Waals surface area contributed by atoms with E-state index in [0.717, 1.165) is 13.0 Å². The number of rotatable bonds is 16. The Morgan fingerprint density at radius 1 is 0.613 bits per heavy atom. The summed E-state index contributed by atoms with van der Waals surface area (Å²) in [7, 11) is -2.30. The minimum absolute atomic E-state index is 0.0604. The molecule has 0 spiro atoms. The molecule has 1 saturated heterocycles. The lowest BCUT2D eigenvalue weighted by Crippen LogP contribution is -2.62. The molecule has 186 valence electrons.